The van der Waals surface area contributed by atoms with E-state index in [4.69, 9.17) is 16.9 Å². The van der Waals surface area contributed by atoms with E-state index in [1.807, 2.05) is 12.1 Å². The number of benzene rings is 2. The molecule has 0 spiro atoms. The number of halogens is 1. The summed E-state index contributed by atoms with van der Waals surface area (Å²) in [5.74, 6) is 0. The Balaban J connectivity index is 2.30. The van der Waals surface area contributed by atoms with Crippen molar-refractivity contribution < 1.29 is 0 Å². The first-order valence-corrected chi connectivity index (χ1v) is 8.20. The molecule has 0 aliphatic rings. The Morgan fingerprint density at radius 2 is 1.91 bits per heavy atom. The number of rotatable bonds is 3. The van der Waals surface area contributed by atoms with E-state index in [0.29, 0.717) is 26.8 Å². The van der Waals surface area contributed by atoms with Gasteiger partial charge in [-0.25, -0.2) is 4.98 Å². The lowest BCUT2D eigenvalue weighted by atomic mass is 10.2. The zero-order chi connectivity index (χ0) is 16.4. The third-order valence-corrected chi connectivity index (χ3v) is 4.49. The maximum Gasteiger partial charge on any atom is 0.266 e. The summed E-state index contributed by atoms with van der Waals surface area (Å²) < 4.78 is 1.52. The first-order chi connectivity index (χ1) is 11.1. The van der Waals surface area contributed by atoms with Crippen molar-refractivity contribution in [2.45, 2.75) is 17.3 Å². The van der Waals surface area contributed by atoms with E-state index in [-0.39, 0.29) is 10.8 Å². The minimum atomic E-state index is -0.318. The highest BCUT2D eigenvalue weighted by Crippen LogP contribution is 2.25. The number of nitrogens with zero attached hydrogens (tertiary/aromatic N) is 3. The van der Waals surface area contributed by atoms with Crippen molar-refractivity contribution in [1.82, 2.24) is 9.55 Å². The van der Waals surface area contributed by atoms with Crippen molar-refractivity contribution in [2.24, 2.45) is 0 Å². The summed E-state index contributed by atoms with van der Waals surface area (Å²) in [4.78, 5) is 17.5. The molecule has 3 rings (SSSR count). The second-order valence-corrected chi connectivity index (χ2v) is 6.66. The molecule has 1 aromatic heterocycles. The molecular formula is C17H12ClN3OS. The predicted molar refractivity (Wildman–Crippen MR) is 93.3 cm³/mol. The average Bonchev–Trinajstić information content (AvgIpc) is 2.56. The number of para-hydroxylation sites is 1. The monoisotopic (exact) mass is 341 g/mol. The summed E-state index contributed by atoms with van der Waals surface area (Å²) in [7, 11) is 0. The third kappa shape index (κ3) is 3.09. The minimum absolute atomic E-state index is 0.162. The van der Waals surface area contributed by atoms with Crippen molar-refractivity contribution in [3.05, 3.63) is 63.9 Å². The molecule has 0 unspecified atom stereocenters. The highest BCUT2D eigenvalue weighted by Gasteiger charge is 2.15. The summed E-state index contributed by atoms with van der Waals surface area (Å²) in [5, 5.41) is 10.4. The van der Waals surface area contributed by atoms with Gasteiger partial charge in [0, 0.05) is 5.02 Å². The quantitative estimate of drug-likeness (QED) is 0.533. The third-order valence-electron chi connectivity index (χ3n) is 3.29. The summed E-state index contributed by atoms with van der Waals surface area (Å²) in [6, 6.07) is 16.3. The van der Waals surface area contributed by atoms with Crippen LogP contribution in [0.1, 0.15) is 6.92 Å². The van der Waals surface area contributed by atoms with Gasteiger partial charge >= 0.3 is 0 Å². The van der Waals surface area contributed by atoms with Crippen LogP contribution in [0.2, 0.25) is 5.02 Å². The van der Waals surface area contributed by atoms with Crippen LogP contribution in [0.4, 0.5) is 0 Å². The molecule has 0 bridgehead atoms. The van der Waals surface area contributed by atoms with Gasteiger partial charge in [-0.1, -0.05) is 35.5 Å². The fourth-order valence-corrected chi connectivity index (χ4v) is 3.13. The zero-order valence-electron chi connectivity index (χ0n) is 12.2. The molecule has 0 saturated heterocycles. The maximum atomic E-state index is 12.9. The van der Waals surface area contributed by atoms with Crippen molar-refractivity contribution >= 4 is 34.3 Å². The summed E-state index contributed by atoms with van der Waals surface area (Å²) in [6.07, 6.45) is 0. The van der Waals surface area contributed by atoms with Gasteiger partial charge in [0.2, 0.25) is 0 Å². The van der Waals surface area contributed by atoms with Crippen molar-refractivity contribution in [2.75, 3.05) is 0 Å². The fourth-order valence-electron chi connectivity index (χ4n) is 2.19. The predicted octanol–water partition coefficient (Wildman–Crippen LogP) is 4.04. The lowest BCUT2D eigenvalue weighted by Gasteiger charge is -2.13. The summed E-state index contributed by atoms with van der Waals surface area (Å²) in [5.41, 5.74) is 1.13. The summed E-state index contributed by atoms with van der Waals surface area (Å²) >= 11 is 7.19. The normalized spacial score (nSPS) is 12.0. The van der Waals surface area contributed by atoms with E-state index in [1.54, 1.807) is 43.3 Å². The van der Waals surface area contributed by atoms with Crippen LogP contribution in [0, 0.1) is 11.3 Å². The molecule has 0 radical (unpaired) electrons. The number of hydrogen-bond donors (Lipinski definition) is 0. The van der Waals surface area contributed by atoms with Crippen LogP contribution in [0.5, 0.6) is 0 Å². The Morgan fingerprint density at radius 1 is 1.22 bits per heavy atom. The summed E-state index contributed by atoms with van der Waals surface area (Å²) in [6.45, 7) is 1.78. The van der Waals surface area contributed by atoms with Gasteiger partial charge in [-0.2, -0.15) is 5.26 Å². The number of hydrogen-bond acceptors (Lipinski definition) is 4. The van der Waals surface area contributed by atoms with E-state index in [1.165, 1.54) is 16.3 Å². The lowest BCUT2D eigenvalue weighted by molar-refractivity contribution is 0.818. The molecule has 1 heterocycles. The Morgan fingerprint density at radius 3 is 2.61 bits per heavy atom. The molecule has 0 amide bonds. The molecule has 23 heavy (non-hydrogen) atoms. The van der Waals surface area contributed by atoms with Gasteiger partial charge in [-0.05, 0) is 43.3 Å². The van der Waals surface area contributed by atoms with Gasteiger partial charge in [-0.15, -0.1) is 0 Å². The Labute approximate surface area is 142 Å². The Kier molecular flexibility index (Phi) is 4.37. The highest BCUT2D eigenvalue weighted by molar-refractivity contribution is 8.00. The molecule has 114 valence electrons. The SMILES string of the molecule is C[C@H](C#N)Sc1nc2ccccc2c(=O)n1-c1ccc(Cl)cc1. The second-order valence-electron chi connectivity index (χ2n) is 4.92. The lowest BCUT2D eigenvalue weighted by Crippen LogP contribution is -2.22. The van der Waals surface area contributed by atoms with Gasteiger partial charge in [0.05, 0.1) is 27.9 Å². The number of aromatic nitrogens is 2. The van der Waals surface area contributed by atoms with Gasteiger partial charge in [0.1, 0.15) is 0 Å². The molecule has 1 atom stereocenters. The highest BCUT2D eigenvalue weighted by atomic mass is 35.5. The van der Waals surface area contributed by atoms with Crippen molar-refractivity contribution in [3.8, 4) is 11.8 Å². The number of fused-ring (bicyclic) bond motifs is 1. The molecule has 0 saturated carbocycles. The van der Waals surface area contributed by atoms with E-state index in [2.05, 4.69) is 11.1 Å². The molecule has 6 heteroatoms. The fraction of sp³-hybridized carbons (Fsp3) is 0.118. The minimum Gasteiger partial charge on any atom is -0.268 e. The first kappa shape index (κ1) is 15.6. The van der Waals surface area contributed by atoms with Gasteiger partial charge in [0.15, 0.2) is 5.16 Å². The molecule has 0 aliphatic heterocycles. The Bertz CT molecular complexity index is 960. The maximum absolute atomic E-state index is 12.9. The van der Waals surface area contributed by atoms with Crippen LogP contribution >= 0.6 is 23.4 Å². The van der Waals surface area contributed by atoms with Crippen LogP contribution in [0.25, 0.3) is 16.6 Å². The van der Waals surface area contributed by atoms with Crippen LogP contribution in [0.3, 0.4) is 0 Å². The van der Waals surface area contributed by atoms with Gasteiger partial charge < -0.3 is 0 Å². The average molecular weight is 342 g/mol. The number of thioether (sulfide) groups is 1. The van der Waals surface area contributed by atoms with Crippen LogP contribution < -0.4 is 5.56 Å². The van der Waals surface area contributed by atoms with Crippen LogP contribution in [-0.2, 0) is 0 Å². The molecule has 3 aromatic rings. The van der Waals surface area contributed by atoms with E-state index in [9.17, 15) is 4.79 Å². The standard InChI is InChI=1S/C17H12ClN3OS/c1-11(10-19)23-17-20-15-5-3-2-4-14(15)16(22)21(17)13-8-6-12(18)7-9-13/h2-9,11H,1H3/t11-/m1/s1. The van der Waals surface area contributed by atoms with E-state index < -0.39 is 0 Å². The topological polar surface area (TPSA) is 58.7 Å². The van der Waals surface area contributed by atoms with Gasteiger partial charge in [0.25, 0.3) is 5.56 Å². The smallest absolute Gasteiger partial charge is 0.266 e. The van der Waals surface area contributed by atoms with Gasteiger partial charge in [-0.3, -0.25) is 9.36 Å². The molecule has 2 aromatic carbocycles. The van der Waals surface area contributed by atoms with E-state index >= 15 is 0 Å². The second kappa shape index (κ2) is 6.45. The molecule has 4 nitrogen and oxygen atoms in total. The molecule has 0 fully saturated rings. The molecule has 0 N–H and O–H groups in total. The largest absolute Gasteiger partial charge is 0.268 e. The Hall–Kier alpha value is -2.29. The first-order valence-electron chi connectivity index (χ1n) is 6.94. The van der Waals surface area contributed by atoms with Crippen LogP contribution in [0.15, 0.2) is 58.5 Å². The van der Waals surface area contributed by atoms with Crippen molar-refractivity contribution in [3.63, 3.8) is 0 Å². The molecule has 0 aliphatic carbocycles. The van der Waals surface area contributed by atoms with Crippen molar-refractivity contribution in [1.29, 1.82) is 5.26 Å². The van der Waals surface area contributed by atoms with Crippen LogP contribution in [-0.4, -0.2) is 14.8 Å². The zero-order valence-corrected chi connectivity index (χ0v) is 13.8. The number of nitriles is 1. The van der Waals surface area contributed by atoms with E-state index in [0.717, 1.165) is 0 Å². The molecular weight excluding hydrogens is 330 g/mol.